The molecule has 1 aromatic carbocycles. The fourth-order valence-corrected chi connectivity index (χ4v) is 3.59. The van der Waals surface area contributed by atoms with Gasteiger partial charge < -0.3 is 11.1 Å². The van der Waals surface area contributed by atoms with Gasteiger partial charge in [0, 0.05) is 28.5 Å². The highest BCUT2D eigenvalue weighted by Gasteiger charge is 2.60. The molecular formula is C16H24N2O. The van der Waals surface area contributed by atoms with Crippen molar-refractivity contribution < 1.29 is 4.79 Å². The highest BCUT2D eigenvalue weighted by molar-refractivity contribution is 5.96. The third kappa shape index (κ3) is 2.06. The fraction of sp³-hybridized carbons (Fsp3) is 0.562. The first-order valence-electron chi connectivity index (χ1n) is 6.81. The zero-order valence-corrected chi connectivity index (χ0v) is 12.4. The molecule has 1 aliphatic rings. The summed E-state index contributed by atoms with van der Waals surface area (Å²) in [6.45, 7) is 10.4. The first-order chi connectivity index (χ1) is 8.69. The van der Waals surface area contributed by atoms with Gasteiger partial charge in [0.15, 0.2) is 0 Å². The minimum atomic E-state index is -0.0676. The van der Waals surface area contributed by atoms with E-state index >= 15 is 0 Å². The number of benzene rings is 1. The molecule has 2 rings (SSSR count). The van der Waals surface area contributed by atoms with E-state index in [-0.39, 0.29) is 28.8 Å². The smallest absolute Gasteiger partial charge is 0.251 e. The van der Waals surface area contributed by atoms with Crippen LogP contribution in [0.25, 0.3) is 0 Å². The van der Waals surface area contributed by atoms with Crippen LogP contribution in [0.1, 0.15) is 43.6 Å². The van der Waals surface area contributed by atoms with Gasteiger partial charge in [0.2, 0.25) is 0 Å². The SMILES string of the molecule is Cc1ccccc1C(=O)NC1C(C)(C)C(N)C1(C)C. The molecule has 19 heavy (non-hydrogen) atoms. The lowest BCUT2D eigenvalue weighted by molar-refractivity contribution is -0.0663. The number of nitrogens with one attached hydrogen (secondary N) is 1. The van der Waals surface area contributed by atoms with Gasteiger partial charge in [-0.1, -0.05) is 45.9 Å². The molecule has 104 valence electrons. The van der Waals surface area contributed by atoms with Crippen molar-refractivity contribution in [1.82, 2.24) is 5.32 Å². The third-order valence-electron chi connectivity index (χ3n) is 4.76. The quantitative estimate of drug-likeness (QED) is 0.858. The predicted molar refractivity (Wildman–Crippen MR) is 78.0 cm³/mol. The van der Waals surface area contributed by atoms with Crippen molar-refractivity contribution in [2.75, 3.05) is 0 Å². The number of rotatable bonds is 2. The van der Waals surface area contributed by atoms with E-state index in [4.69, 9.17) is 5.73 Å². The molecule has 1 fully saturated rings. The second kappa shape index (κ2) is 4.34. The van der Waals surface area contributed by atoms with Crippen LogP contribution < -0.4 is 11.1 Å². The molecule has 0 radical (unpaired) electrons. The highest BCUT2D eigenvalue weighted by atomic mass is 16.1. The Morgan fingerprint density at radius 2 is 1.68 bits per heavy atom. The van der Waals surface area contributed by atoms with Crippen molar-refractivity contribution in [2.45, 2.75) is 46.7 Å². The van der Waals surface area contributed by atoms with Gasteiger partial charge in [0.1, 0.15) is 0 Å². The van der Waals surface area contributed by atoms with Gasteiger partial charge in [-0.05, 0) is 18.6 Å². The Morgan fingerprint density at radius 3 is 2.21 bits per heavy atom. The Bertz CT molecular complexity index is 489. The summed E-state index contributed by atoms with van der Waals surface area (Å²) in [6, 6.07) is 7.86. The number of aryl methyl sites for hydroxylation is 1. The van der Waals surface area contributed by atoms with Gasteiger partial charge in [-0.25, -0.2) is 0 Å². The summed E-state index contributed by atoms with van der Waals surface area (Å²) >= 11 is 0. The van der Waals surface area contributed by atoms with Crippen molar-refractivity contribution in [3.63, 3.8) is 0 Å². The molecule has 3 heteroatoms. The molecule has 3 N–H and O–H groups in total. The molecule has 0 aliphatic heterocycles. The molecule has 1 amide bonds. The average molecular weight is 260 g/mol. The van der Waals surface area contributed by atoms with E-state index in [1.807, 2.05) is 31.2 Å². The van der Waals surface area contributed by atoms with Gasteiger partial charge in [0.05, 0.1) is 0 Å². The number of hydrogen-bond acceptors (Lipinski definition) is 2. The van der Waals surface area contributed by atoms with Crippen LogP contribution in [0.2, 0.25) is 0 Å². The molecule has 3 nitrogen and oxygen atoms in total. The summed E-state index contributed by atoms with van der Waals surface area (Å²) in [5.41, 5.74) is 7.83. The Labute approximate surface area is 115 Å². The van der Waals surface area contributed by atoms with E-state index in [1.165, 1.54) is 0 Å². The van der Waals surface area contributed by atoms with Crippen LogP contribution in [-0.2, 0) is 0 Å². The lowest BCUT2D eigenvalue weighted by atomic mass is 9.48. The van der Waals surface area contributed by atoms with Crippen LogP contribution in [0.4, 0.5) is 0 Å². The summed E-state index contributed by atoms with van der Waals surface area (Å²) in [4.78, 5) is 12.4. The van der Waals surface area contributed by atoms with Gasteiger partial charge in [0.25, 0.3) is 5.91 Å². The minimum absolute atomic E-state index is 0.00356. The first kappa shape index (κ1) is 14.1. The van der Waals surface area contributed by atoms with Crippen LogP contribution in [0.5, 0.6) is 0 Å². The van der Waals surface area contributed by atoms with Crippen LogP contribution in [0, 0.1) is 17.8 Å². The number of hydrogen-bond donors (Lipinski definition) is 2. The van der Waals surface area contributed by atoms with Crippen LogP contribution in [-0.4, -0.2) is 18.0 Å². The van der Waals surface area contributed by atoms with Gasteiger partial charge in [-0.2, -0.15) is 0 Å². The van der Waals surface area contributed by atoms with Gasteiger partial charge in [-0.3, -0.25) is 4.79 Å². The Balaban J connectivity index is 2.19. The minimum Gasteiger partial charge on any atom is -0.348 e. The van der Waals surface area contributed by atoms with E-state index < -0.39 is 0 Å². The lowest BCUT2D eigenvalue weighted by Crippen LogP contribution is -2.76. The van der Waals surface area contributed by atoms with E-state index in [0.717, 1.165) is 11.1 Å². The average Bonchev–Trinajstić information content (AvgIpc) is 2.34. The monoisotopic (exact) mass is 260 g/mol. The molecular weight excluding hydrogens is 236 g/mol. The molecule has 0 spiro atoms. The maximum Gasteiger partial charge on any atom is 0.251 e. The van der Waals surface area contributed by atoms with Crippen molar-refractivity contribution in [2.24, 2.45) is 16.6 Å². The van der Waals surface area contributed by atoms with Gasteiger partial charge >= 0.3 is 0 Å². The van der Waals surface area contributed by atoms with Crippen LogP contribution >= 0.6 is 0 Å². The maximum absolute atomic E-state index is 12.4. The van der Waals surface area contributed by atoms with E-state index in [0.29, 0.717) is 0 Å². The zero-order valence-electron chi connectivity index (χ0n) is 12.4. The topological polar surface area (TPSA) is 55.1 Å². The third-order valence-corrected chi connectivity index (χ3v) is 4.76. The number of carbonyl (C=O) groups excluding carboxylic acids is 1. The second-order valence-corrected chi connectivity index (χ2v) is 6.84. The molecule has 1 aromatic rings. The second-order valence-electron chi connectivity index (χ2n) is 6.84. The number of amides is 1. The Kier molecular flexibility index (Phi) is 3.21. The molecule has 0 bridgehead atoms. The predicted octanol–water partition coefficient (Wildman–Crippen LogP) is 2.49. The largest absolute Gasteiger partial charge is 0.348 e. The summed E-state index contributed by atoms with van der Waals surface area (Å²) < 4.78 is 0. The Morgan fingerprint density at radius 1 is 1.16 bits per heavy atom. The molecule has 0 atom stereocenters. The highest BCUT2D eigenvalue weighted by Crippen LogP contribution is 2.52. The van der Waals surface area contributed by atoms with Crippen molar-refractivity contribution in [1.29, 1.82) is 0 Å². The molecule has 0 unspecified atom stereocenters. The zero-order chi connectivity index (χ0) is 14.4. The normalized spacial score (nSPS) is 27.5. The summed E-state index contributed by atoms with van der Waals surface area (Å²) in [6.07, 6.45) is 0. The fourth-order valence-electron chi connectivity index (χ4n) is 3.59. The summed E-state index contributed by atoms with van der Waals surface area (Å²) in [5.74, 6) is -0.00356. The Hall–Kier alpha value is -1.35. The first-order valence-corrected chi connectivity index (χ1v) is 6.81. The summed E-state index contributed by atoms with van der Waals surface area (Å²) in [5, 5.41) is 3.17. The molecule has 1 aliphatic carbocycles. The number of carbonyl (C=O) groups is 1. The van der Waals surface area contributed by atoms with Gasteiger partial charge in [-0.15, -0.1) is 0 Å². The lowest BCUT2D eigenvalue weighted by Gasteiger charge is -2.62. The van der Waals surface area contributed by atoms with Crippen LogP contribution in [0.15, 0.2) is 24.3 Å². The molecule has 0 aromatic heterocycles. The van der Waals surface area contributed by atoms with Crippen molar-refractivity contribution >= 4 is 5.91 Å². The molecule has 0 heterocycles. The van der Waals surface area contributed by atoms with E-state index in [9.17, 15) is 4.79 Å². The van der Waals surface area contributed by atoms with E-state index in [1.54, 1.807) is 0 Å². The van der Waals surface area contributed by atoms with Crippen molar-refractivity contribution in [3.05, 3.63) is 35.4 Å². The van der Waals surface area contributed by atoms with E-state index in [2.05, 4.69) is 33.0 Å². The maximum atomic E-state index is 12.4. The summed E-state index contributed by atoms with van der Waals surface area (Å²) in [7, 11) is 0. The molecule has 1 saturated carbocycles. The van der Waals surface area contributed by atoms with Crippen molar-refractivity contribution in [3.8, 4) is 0 Å². The molecule has 0 saturated heterocycles. The number of nitrogens with two attached hydrogens (primary N) is 1. The standard InChI is InChI=1S/C16H24N2O/c1-10-8-6-7-9-11(10)12(19)18-14-15(2,3)13(17)16(14,4)5/h6-9,13-14H,17H2,1-5H3,(H,18,19). The van der Waals surface area contributed by atoms with Crippen LogP contribution in [0.3, 0.4) is 0 Å².